The fraction of sp³-hybridized carbons (Fsp3) is 0.267. The smallest absolute Gasteiger partial charge is 0.268 e. The Kier molecular flexibility index (Phi) is 5.00. The minimum absolute atomic E-state index is 0.0246. The number of halogens is 1. The first-order valence-corrected chi connectivity index (χ1v) is 7.54. The van der Waals surface area contributed by atoms with Gasteiger partial charge >= 0.3 is 0 Å². The summed E-state index contributed by atoms with van der Waals surface area (Å²) in [5.41, 5.74) is 0.936. The molecule has 0 unspecified atom stereocenters. The molecule has 1 aromatic heterocycles. The number of carbonyl (C=O) groups is 1. The number of nitrogens with zero attached hydrogens (tertiary/aromatic N) is 1. The van der Waals surface area contributed by atoms with E-state index in [2.05, 4.69) is 6.92 Å². The molecule has 0 saturated heterocycles. The van der Waals surface area contributed by atoms with Gasteiger partial charge < -0.3 is 4.90 Å². The van der Waals surface area contributed by atoms with E-state index in [0.717, 1.165) is 25.1 Å². The molecule has 0 N–H and O–H groups in total. The summed E-state index contributed by atoms with van der Waals surface area (Å²) in [6.45, 7) is 2.85. The van der Waals surface area contributed by atoms with E-state index in [-0.39, 0.29) is 5.91 Å². The molecular weight excluding hydrogens is 278 g/mol. The maximum absolute atomic E-state index is 12.5. The Balaban J connectivity index is 2.25. The molecule has 0 atom stereocenters. The van der Waals surface area contributed by atoms with Gasteiger partial charge in [0.15, 0.2) is 0 Å². The van der Waals surface area contributed by atoms with Gasteiger partial charge in [-0.15, -0.1) is 11.3 Å². The molecule has 0 fully saturated rings. The molecule has 1 heterocycles. The van der Waals surface area contributed by atoms with Gasteiger partial charge in [0.2, 0.25) is 0 Å². The van der Waals surface area contributed by atoms with Crippen LogP contribution in [0.1, 0.15) is 29.4 Å². The molecule has 2 aromatic rings. The number of unbranched alkanes of at least 4 members (excludes halogenated alkanes) is 1. The van der Waals surface area contributed by atoms with Gasteiger partial charge in [0, 0.05) is 12.2 Å². The molecule has 0 aliphatic rings. The van der Waals surface area contributed by atoms with E-state index in [1.807, 2.05) is 35.2 Å². The van der Waals surface area contributed by atoms with Crippen LogP contribution >= 0.6 is 22.9 Å². The summed E-state index contributed by atoms with van der Waals surface area (Å²) in [7, 11) is 0. The molecule has 1 aromatic carbocycles. The minimum atomic E-state index is 0.0246. The highest BCUT2D eigenvalue weighted by Crippen LogP contribution is 2.25. The fourth-order valence-electron chi connectivity index (χ4n) is 1.83. The number of rotatable bonds is 5. The zero-order chi connectivity index (χ0) is 13.7. The maximum Gasteiger partial charge on any atom is 0.268 e. The first kappa shape index (κ1) is 14.1. The third-order valence-electron chi connectivity index (χ3n) is 2.83. The van der Waals surface area contributed by atoms with Crippen LogP contribution in [0.5, 0.6) is 0 Å². The van der Waals surface area contributed by atoms with Gasteiger partial charge in [0.25, 0.3) is 5.91 Å². The van der Waals surface area contributed by atoms with Gasteiger partial charge in [-0.1, -0.05) is 43.1 Å². The highest BCUT2D eigenvalue weighted by atomic mass is 35.5. The summed E-state index contributed by atoms with van der Waals surface area (Å²) in [6.07, 6.45) is 2.04. The van der Waals surface area contributed by atoms with E-state index < -0.39 is 0 Å². The Morgan fingerprint density at radius 1 is 1.21 bits per heavy atom. The monoisotopic (exact) mass is 293 g/mol. The Morgan fingerprint density at radius 2 is 1.95 bits per heavy atom. The predicted molar refractivity (Wildman–Crippen MR) is 82.4 cm³/mol. The summed E-state index contributed by atoms with van der Waals surface area (Å²) >= 11 is 7.23. The van der Waals surface area contributed by atoms with E-state index in [9.17, 15) is 4.79 Å². The van der Waals surface area contributed by atoms with Crippen LogP contribution in [0.15, 0.2) is 42.5 Å². The molecule has 1 amide bonds. The van der Waals surface area contributed by atoms with Crippen molar-refractivity contribution in [1.82, 2.24) is 0 Å². The van der Waals surface area contributed by atoms with Crippen molar-refractivity contribution in [1.29, 1.82) is 0 Å². The molecule has 19 heavy (non-hydrogen) atoms. The zero-order valence-corrected chi connectivity index (χ0v) is 12.4. The number of para-hydroxylation sites is 1. The van der Waals surface area contributed by atoms with Crippen LogP contribution in [0, 0.1) is 0 Å². The average molecular weight is 294 g/mol. The number of thiophene rings is 1. The third-order valence-corrected chi connectivity index (χ3v) is 4.05. The second-order valence-electron chi connectivity index (χ2n) is 4.25. The molecule has 0 spiro atoms. The number of carbonyl (C=O) groups excluding carboxylic acids is 1. The van der Waals surface area contributed by atoms with Crippen molar-refractivity contribution in [3.8, 4) is 0 Å². The third kappa shape index (κ3) is 3.58. The molecule has 0 aliphatic carbocycles. The minimum Gasteiger partial charge on any atom is -0.308 e. The highest BCUT2D eigenvalue weighted by Gasteiger charge is 2.18. The topological polar surface area (TPSA) is 20.3 Å². The van der Waals surface area contributed by atoms with Crippen molar-refractivity contribution < 1.29 is 4.79 Å². The van der Waals surface area contributed by atoms with Gasteiger partial charge in [0.05, 0.1) is 9.21 Å². The van der Waals surface area contributed by atoms with Gasteiger partial charge in [-0.3, -0.25) is 4.79 Å². The van der Waals surface area contributed by atoms with Crippen LogP contribution in [-0.2, 0) is 0 Å². The lowest BCUT2D eigenvalue weighted by atomic mass is 10.2. The number of hydrogen-bond acceptors (Lipinski definition) is 2. The van der Waals surface area contributed by atoms with Crippen LogP contribution in [0.4, 0.5) is 5.69 Å². The first-order chi connectivity index (χ1) is 9.22. The zero-order valence-electron chi connectivity index (χ0n) is 10.8. The van der Waals surface area contributed by atoms with Crippen molar-refractivity contribution in [2.24, 2.45) is 0 Å². The Hall–Kier alpha value is -1.32. The van der Waals surface area contributed by atoms with Gasteiger partial charge in [0.1, 0.15) is 0 Å². The Bertz CT molecular complexity index is 538. The van der Waals surface area contributed by atoms with Crippen molar-refractivity contribution in [2.45, 2.75) is 19.8 Å². The molecule has 100 valence electrons. The van der Waals surface area contributed by atoms with Gasteiger partial charge in [-0.05, 0) is 30.7 Å². The van der Waals surface area contributed by atoms with Crippen LogP contribution in [0.25, 0.3) is 0 Å². The SMILES string of the molecule is CCCCN(C(=O)c1ccc(Cl)s1)c1ccccc1. The molecule has 0 radical (unpaired) electrons. The van der Waals surface area contributed by atoms with E-state index in [4.69, 9.17) is 11.6 Å². The molecule has 2 nitrogen and oxygen atoms in total. The van der Waals surface area contributed by atoms with E-state index in [0.29, 0.717) is 9.21 Å². The molecule has 0 saturated carbocycles. The molecule has 0 aliphatic heterocycles. The Morgan fingerprint density at radius 3 is 2.53 bits per heavy atom. The lowest BCUT2D eigenvalue weighted by molar-refractivity contribution is 0.0990. The number of anilines is 1. The van der Waals surface area contributed by atoms with Crippen LogP contribution < -0.4 is 4.90 Å². The second kappa shape index (κ2) is 6.73. The first-order valence-electron chi connectivity index (χ1n) is 6.34. The normalized spacial score (nSPS) is 10.4. The van der Waals surface area contributed by atoms with Crippen molar-refractivity contribution in [3.63, 3.8) is 0 Å². The van der Waals surface area contributed by atoms with E-state index >= 15 is 0 Å². The maximum atomic E-state index is 12.5. The average Bonchev–Trinajstić information content (AvgIpc) is 2.87. The summed E-state index contributed by atoms with van der Waals surface area (Å²) in [6, 6.07) is 13.3. The van der Waals surface area contributed by atoms with Crippen LogP contribution in [0.3, 0.4) is 0 Å². The lowest BCUT2D eigenvalue weighted by Gasteiger charge is -2.22. The van der Waals surface area contributed by atoms with Crippen molar-refractivity contribution in [2.75, 3.05) is 11.4 Å². The molecular formula is C15H16ClNOS. The lowest BCUT2D eigenvalue weighted by Crippen LogP contribution is -2.31. The molecule has 0 bridgehead atoms. The molecule has 2 rings (SSSR count). The van der Waals surface area contributed by atoms with Crippen molar-refractivity contribution >= 4 is 34.5 Å². The quantitative estimate of drug-likeness (QED) is 0.772. The predicted octanol–water partition coefficient (Wildman–Crippen LogP) is 4.85. The van der Waals surface area contributed by atoms with Gasteiger partial charge in [-0.2, -0.15) is 0 Å². The summed E-state index contributed by atoms with van der Waals surface area (Å²) in [5.74, 6) is 0.0246. The van der Waals surface area contributed by atoms with Gasteiger partial charge in [-0.25, -0.2) is 0 Å². The largest absolute Gasteiger partial charge is 0.308 e. The Labute approximate surface area is 122 Å². The number of amides is 1. The van der Waals surface area contributed by atoms with Crippen LogP contribution in [-0.4, -0.2) is 12.5 Å². The standard InChI is InChI=1S/C15H16ClNOS/c1-2-3-11-17(12-7-5-4-6-8-12)15(18)13-9-10-14(16)19-13/h4-10H,2-3,11H2,1H3. The van der Waals surface area contributed by atoms with E-state index in [1.54, 1.807) is 12.1 Å². The summed E-state index contributed by atoms with van der Waals surface area (Å²) in [4.78, 5) is 15.1. The van der Waals surface area contributed by atoms with E-state index in [1.165, 1.54) is 11.3 Å². The number of hydrogen-bond donors (Lipinski definition) is 0. The number of benzene rings is 1. The second-order valence-corrected chi connectivity index (χ2v) is 5.96. The summed E-state index contributed by atoms with van der Waals surface area (Å²) < 4.78 is 0.645. The molecule has 4 heteroatoms. The fourth-order valence-corrected chi connectivity index (χ4v) is 2.83. The summed E-state index contributed by atoms with van der Waals surface area (Å²) in [5, 5.41) is 0. The van der Waals surface area contributed by atoms with Crippen molar-refractivity contribution in [3.05, 3.63) is 51.7 Å². The highest BCUT2D eigenvalue weighted by molar-refractivity contribution is 7.18. The van der Waals surface area contributed by atoms with Crippen LogP contribution in [0.2, 0.25) is 4.34 Å².